The summed E-state index contributed by atoms with van der Waals surface area (Å²) >= 11 is 0. The van der Waals surface area contributed by atoms with Gasteiger partial charge in [0.15, 0.2) is 0 Å². The molecule has 0 atom stereocenters. The molecule has 2 aliphatic rings. The van der Waals surface area contributed by atoms with Crippen molar-refractivity contribution in [2.24, 2.45) is 0 Å². The molecule has 2 fully saturated rings. The summed E-state index contributed by atoms with van der Waals surface area (Å²) < 4.78 is 0. The van der Waals surface area contributed by atoms with E-state index in [0.717, 1.165) is 30.9 Å². The van der Waals surface area contributed by atoms with Crippen molar-refractivity contribution in [2.45, 2.75) is 37.6 Å². The van der Waals surface area contributed by atoms with E-state index in [1.165, 1.54) is 32.1 Å². The molecule has 1 spiro atoms. The highest BCUT2D eigenvalue weighted by atomic mass is 15.3. The third kappa shape index (κ3) is 2.19. The molecule has 0 bridgehead atoms. The van der Waals surface area contributed by atoms with Gasteiger partial charge in [-0.05, 0) is 18.9 Å². The summed E-state index contributed by atoms with van der Waals surface area (Å²) in [5, 5.41) is 12.9. The predicted molar refractivity (Wildman–Crippen MR) is 75.0 cm³/mol. The maximum atomic E-state index is 9.32. The average Bonchev–Trinajstić information content (AvgIpc) is 2.49. The lowest BCUT2D eigenvalue weighted by Gasteiger charge is -2.51. The van der Waals surface area contributed by atoms with E-state index in [4.69, 9.17) is 0 Å². The number of nitrogens with one attached hydrogen (secondary N) is 1. The van der Waals surface area contributed by atoms with Crippen LogP contribution in [0.1, 0.15) is 37.7 Å². The van der Waals surface area contributed by atoms with Gasteiger partial charge in [0.2, 0.25) is 0 Å². The van der Waals surface area contributed by atoms with Crippen molar-refractivity contribution in [3.63, 3.8) is 0 Å². The first-order valence-electron chi connectivity index (χ1n) is 7.18. The van der Waals surface area contributed by atoms with Crippen LogP contribution in [0.2, 0.25) is 0 Å². The standard InChI is InChI=1S/C15H20N4/c16-10-13-4-7-17-11-14(13)19-9-8-18-12-15(19)5-2-1-3-6-15/h4,7,11,18H,1-3,5-6,8-9,12H2. The van der Waals surface area contributed by atoms with Gasteiger partial charge in [-0.1, -0.05) is 19.3 Å². The molecule has 100 valence electrons. The van der Waals surface area contributed by atoms with Crippen LogP contribution in [0.3, 0.4) is 0 Å². The van der Waals surface area contributed by atoms with Crippen LogP contribution in [-0.2, 0) is 0 Å². The molecule has 0 aromatic carbocycles. The highest BCUT2D eigenvalue weighted by molar-refractivity contribution is 5.60. The average molecular weight is 256 g/mol. The first-order chi connectivity index (χ1) is 9.36. The maximum absolute atomic E-state index is 9.32. The third-order valence-corrected chi connectivity index (χ3v) is 4.53. The zero-order valence-electron chi connectivity index (χ0n) is 11.2. The van der Waals surface area contributed by atoms with E-state index in [-0.39, 0.29) is 5.54 Å². The quantitative estimate of drug-likeness (QED) is 0.835. The van der Waals surface area contributed by atoms with Gasteiger partial charge in [0.1, 0.15) is 6.07 Å². The molecular formula is C15H20N4. The van der Waals surface area contributed by atoms with Crippen LogP contribution in [0.15, 0.2) is 18.5 Å². The van der Waals surface area contributed by atoms with E-state index >= 15 is 0 Å². The first-order valence-corrected chi connectivity index (χ1v) is 7.18. The lowest BCUT2D eigenvalue weighted by atomic mass is 9.78. The SMILES string of the molecule is N#Cc1ccncc1N1CCNCC12CCCCC2. The number of nitrogens with zero attached hydrogens (tertiary/aromatic N) is 3. The molecular weight excluding hydrogens is 236 g/mol. The fourth-order valence-corrected chi connectivity index (χ4v) is 3.57. The van der Waals surface area contributed by atoms with Gasteiger partial charge >= 0.3 is 0 Å². The van der Waals surface area contributed by atoms with Gasteiger partial charge in [-0.2, -0.15) is 5.26 Å². The minimum absolute atomic E-state index is 0.200. The highest BCUT2D eigenvalue weighted by Crippen LogP contribution is 2.38. The fraction of sp³-hybridized carbons (Fsp3) is 0.600. The van der Waals surface area contributed by atoms with Gasteiger partial charge in [-0.15, -0.1) is 0 Å². The molecule has 1 saturated carbocycles. The Labute approximate surface area is 114 Å². The smallest absolute Gasteiger partial charge is 0.101 e. The molecule has 4 nitrogen and oxygen atoms in total. The minimum Gasteiger partial charge on any atom is -0.361 e. The molecule has 0 unspecified atom stereocenters. The van der Waals surface area contributed by atoms with E-state index in [9.17, 15) is 5.26 Å². The second-order valence-corrected chi connectivity index (χ2v) is 5.62. The van der Waals surface area contributed by atoms with Gasteiger partial charge in [0.25, 0.3) is 0 Å². The molecule has 1 aromatic heterocycles. The lowest BCUT2D eigenvalue weighted by Crippen LogP contribution is -2.62. The van der Waals surface area contributed by atoms with Crippen LogP contribution in [0.25, 0.3) is 0 Å². The van der Waals surface area contributed by atoms with Crippen molar-refractivity contribution < 1.29 is 0 Å². The number of rotatable bonds is 1. The predicted octanol–water partition coefficient (Wildman–Crippen LogP) is 2.07. The number of hydrogen-bond acceptors (Lipinski definition) is 4. The molecule has 19 heavy (non-hydrogen) atoms. The summed E-state index contributed by atoms with van der Waals surface area (Å²) in [5.74, 6) is 0. The molecule has 2 heterocycles. The molecule has 4 heteroatoms. The van der Waals surface area contributed by atoms with Crippen LogP contribution >= 0.6 is 0 Å². The van der Waals surface area contributed by atoms with Gasteiger partial charge < -0.3 is 10.2 Å². The Kier molecular flexibility index (Phi) is 3.39. The summed E-state index contributed by atoms with van der Waals surface area (Å²) in [6.45, 7) is 2.99. The molecule has 0 radical (unpaired) electrons. The summed E-state index contributed by atoms with van der Waals surface area (Å²) in [7, 11) is 0. The van der Waals surface area contributed by atoms with Gasteiger partial charge in [0, 0.05) is 25.8 Å². The molecule has 1 saturated heterocycles. The Morgan fingerprint density at radius 2 is 2.16 bits per heavy atom. The van der Waals surface area contributed by atoms with E-state index in [1.807, 2.05) is 12.3 Å². The van der Waals surface area contributed by atoms with Crippen LogP contribution < -0.4 is 10.2 Å². The van der Waals surface area contributed by atoms with Crippen molar-refractivity contribution in [2.75, 3.05) is 24.5 Å². The minimum atomic E-state index is 0.200. The third-order valence-electron chi connectivity index (χ3n) is 4.53. The van der Waals surface area contributed by atoms with Gasteiger partial charge in [0.05, 0.1) is 23.0 Å². The summed E-state index contributed by atoms with van der Waals surface area (Å²) in [6, 6.07) is 4.14. The monoisotopic (exact) mass is 256 g/mol. The molecule has 1 N–H and O–H groups in total. The summed E-state index contributed by atoms with van der Waals surface area (Å²) in [6.07, 6.45) is 9.94. The summed E-state index contributed by atoms with van der Waals surface area (Å²) in [5.41, 5.74) is 1.97. The fourth-order valence-electron chi connectivity index (χ4n) is 3.57. The van der Waals surface area contributed by atoms with Crippen LogP contribution in [-0.4, -0.2) is 30.2 Å². The Morgan fingerprint density at radius 1 is 1.32 bits per heavy atom. The second kappa shape index (κ2) is 5.18. The first kappa shape index (κ1) is 12.4. The Bertz CT molecular complexity index is 477. The highest BCUT2D eigenvalue weighted by Gasteiger charge is 2.40. The summed E-state index contributed by atoms with van der Waals surface area (Å²) in [4.78, 5) is 6.69. The van der Waals surface area contributed by atoms with Gasteiger partial charge in [-0.3, -0.25) is 4.98 Å². The van der Waals surface area contributed by atoms with Crippen LogP contribution in [0.4, 0.5) is 5.69 Å². The van der Waals surface area contributed by atoms with E-state index in [1.54, 1.807) is 6.20 Å². The van der Waals surface area contributed by atoms with Crippen LogP contribution in [0, 0.1) is 11.3 Å². The zero-order chi connectivity index (χ0) is 13.1. The van der Waals surface area contributed by atoms with E-state index < -0.39 is 0 Å². The normalized spacial score (nSPS) is 22.2. The molecule has 0 amide bonds. The van der Waals surface area contributed by atoms with Crippen molar-refractivity contribution in [3.8, 4) is 6.07 Å². The van der Waals surface area contributed by atoms with Crippen molar-refractivity contribution in [1.82, 2.24) is 10.3 Å². The van der Waals surface area contributed by atoms with E-state index in [0.29, 0.717) is 0 Å². The number of anilines is 1. The molecule has 3 rings (SSSR count). The number of aromatic nitrogens is 1. The number of piperazine rings is 1. The molecule has 1 aromatic rings. The number of nitriles is 1. The topological polar surface area (TPSA) is 52.0 Å². The Morgan fingerprint density at radius 3 is 2.95 bits per heavy atom. The molecule has 1 aliphatic carbocycles. The maximum Gasteiger partial charge on any atom is 0.101 e. The zero-order valence-corrected chi connectivity index (χ0v) is 11.2. The van der Waals surface area contributed by atoms with Crippen molar-refractivity contribution in [3.05, 3.63) is 24.0 Å². The Balaban J connectivity index is 1.98. The van der Waals surface area contributed by atoms with Gasteiger partial charge in [-0.25, -0.2) is 0 Å². The molecule has 1 aliphatic heterocycles. The second-order valence-electron chi connectivity index (χ2n) is 5.62. The largest absolute Gasteiger partial charge is 0.361 e. The number of hydrogen-bond donors (Lipinski definition) is 1. The van der Waals surface area contributed by atoms with Crippen molar-refractivity contribution >= 4 is 5.69 Å². The van der Waals surface area contributed by atoms with E-state index in [2.05, 4.69) is 21.3 Å². The van der Waals surface area contributed by atoms with Crippen molar-refractivity contribution in [1.29, 1.82) is 5.26 Å². The van der Waals surface area contributed by atoms with Crippen LogP contribution in [0.5, 0.6) is 0 Å². The lowest BCUT2D eigenvalue weighted by molar-refractivity contribution is 0.241. The Hall–Kier alpha value is -1.60. The number of pyridine rings is 1.